The number of carbonyl (C=O) groups is 3. The van der Waals surface area contributed by atoms with Crippen molar-refractivity contribution in [1.82, 2.24) is 24.7 Å². The molecule has 1 N–H and O–H groups in total. The molecule has 3 rings (SSSR count). The molecule has 8 nitrogen and oxygen atoms in total. The highest BCUT2D eigenvalue weighted by Crippen LogP contribution is 2.23. The molecule has 2 heterocycles. The topological polar surface area (TPSA) is 87.5 Å². The van der Waals surface area contributed by atoms with Gasteiger partial charge in [-0.05, 0) is 25.0 Å². The second-order valence-electron chi connectivity index (χ2n) is 7.52. The van der Waals surface area contributed by atoms with Gasteiger partial charge in [-0.3, -0.25) is 14.4 Å². The average Bonchev–Trinajstić information content (AvgIpc) is 3.20. The smallest absolute Gasteiger partial charge is 0.256 e. The van der Waals surface area contributed by atoms with Crippen molar-refractivity contribution in [3.63, 3.8) is 0 Å². The zero-order valence-corrected chi connectivity index (χ0v) is 17.1. The summed E-state index contributed by atoms with van der Waals surface area (Å²) in [6.07, 6.45) is 5.05. The number of amides is 3. The van der Waals surface area contributed by atoms with Crippen molar-refractivity contribution in [3.8, 4) is 5.69 Å². The van der Waals surface area contributed by atoms with Gasteiger partial charge in [0.1, 0.15) is 0 Å². The normalized spacial score (nSPS) is 16.4. The largest absolute Gasteiger partial charge is 0.351 e. The van der Waals surface area contributed by atoms with E-state index in [0.29, 0.717) is 30.9 Å². The fourth-order valence-electron chi connectivity index (χ4n) is 3.58. The molecular weight excluding hydrogens is 370 g/mol. The lowest BCUT2D eigenvalue weighted by molar-refractivity contribution is -0.134. The molecule has 0 bridgehead atoms. The molecule has 1 aromatic carbocycles. The Labute approximate surface area is 170 Å². The summed E-state index contributed by atoms with van der Waals surface area (Å²) in [4.78, 5) is 44.4. The van der Waals surface area contributed by atoms with Gasteiger partial charge in [0.2, 0.25) is 11.8 Å². The van der Waals surface area contributed by atoms with Gasteiger partial charge in [0.05, 0.1) is 35.7 Å². The number of nitrogens with zero attached hydrogens (tertiary/aromatic N) is 4. The van der Waals surface area contributed by atoms with Crippen LogP contribution in [0.4, 0.5) is 0 Å². The van der Waals surface area contributed by atoms with E-state index >= 15 is 0 Å². The van der Waals surface area contributed by atoms with Crippen LogP contribution >= 0.6 is 0 Å². The van der Waals surface area contributed by atoms with Gasteiger partial charge < -0.3 is 19.7 Å². The number of likely N-dealkylation sites (tertiary alicyclic amines) is 1. The van der Waals surface area contributed by atoms with Crippen LogP contribution in [0.2, 0.25) is 0 Å². The number of hydrogen-bond donors (Lipinski definition) is 1. The number of para-hydroxylation sites is 1. The number of carbonyl (C=O) groups excluding carboxylic acids is 3. The van der Waals surface area contributed by atoms with Crippen LogP contribution in [0, 0.1) is 5.92 Å². The van der Waals surface area contributed by atoms with Crippen molar-refractivity contribution in [2.45, 2.75) is 26.3 Å². The molecule has 0 spiro atoms. The van der Waals surface area contributed by atoms with E-state index in [1.165, 1.54) is 6.92 Å². The van der Waals surface area contributed by atoms with Crippen molar-refractivity contribution < 1.29 is 14.4 Å². The first-order chi connectivity index (χ1) is 13.9. The number of hydrogen-bond acceptors (Lipinski definition) is 4. The second kappa shape index (κ2) is 8.89. The summed E-state index contributed by atoms with van der Waals surface area (Å²) < 4.78 is 1.79. The summed E-state index contributed by atoms with van der Waals surface area (Å²) in [6.45, 7) is 2.86. The zero-order chi connectivity index (χ0) is 21.0. The first kappa shape index (κ1) is 20.6. The molecule has 2 aromatic rings. The van der Waals surface area contributed by atoms with Crippen molar-refractivity contribution in [2.75, 3.05) is 27.2 Å². The molecule has 0 radical (unpaired) electrons. The van der Waals surface area contributed by atoms with Gasteiger partial charge >= 0.3 is 0 Å². The molecule has 29 heavy (non-hydrogen) atoms. The minimum atomic E-state index is -0.160. The van der Waals surface area contributed by atoms with Gasteiger partial charge in [0.25, 0.3) is 5.91 Å². The van der Waals surface area contributed by atoms with Gasteiger partial charge in [-0.25, -0.2) is 4.98 Å². The maximum atomic E-state index is 13.3. The number of nitrogens with one attached hydrogen (secondary N) is 1. The lowest BCUT2D eigenvalue weighted by Gasteiger charge is -2.33. The van der Waals surface area contributed by atoms with Gasteiger partial charge in [-0.15, -0.1) is 0 Å². The molecule has 0 saturated carbocycles. The highest BCUT2D eigenvalue weighted by atomic mass is 16.2. The maximum Gasteiger partial charge on any atom is 0.256 e. The molecular formula is C21H27N5O3. The van der Waals surface area contributed by atoms with E-state index in [0.717, 1.165) is 18.5 Å². The van der Waals surface area contributed by atoms with E-state index in [-0.39, 0.29) is 23.6 Å². The highest BCUT2D eigenvalue weighted by molar-refractivity contribution is 5.98. The predicted octanol–water partition coefficient (Wildman–Crippen LogP) is 1.45. The van der Waals surface area contributed by atoms with E-state index in [4.69, 9.17) is 0 Å². The molecule has 3 amide bonds. The third kappa shape index (κ3) is 4.82. The van der Waals surface area contributed by atoms with E-state index in [2.05, 4.69) is 10.3 Å². The molecule has 154 valence electrons. The summed E-state index contributed by atoms with van der Waals surface area (Å²) in [5.41, 5.74) is 1.99. The number of benzene rings is 1. The molecule has 1 aliphatic rings. The fourth-order valence-corrected chi connectivity index (χ4v) is 3.58. The number of piperidine rings is 1. The Bertz CT molecular complexity index is 905. The molecule has 1 fully saturated rings. The van der Waals surface area contributed by atoms with Crippen molar-refractivity contribution in [3.05, 3.63) is 48.0 Å². The molecule has 0 aliphatic carbocycles. The van der Waals surface area contributed by atoms with Gasteiger partial charge in [-0.2, -0.15) is 0 Å². The standard InChI is InChI=1S/C21H27N5O3/c1-15(27)22-11-17-13-26(14-23-17)19-9-5-4-8-18(19)21(29)25-10-6-7-16(12-25)20(28)24(2)3/h4-5,8-9,13-14,16H,6-7,10-12H2,1-3H3,(H,22,27)/t16-/m1/s1. The predicted molar refractivity (Wildman–Crippen MR) is 108 cm³/mol. The Balaban J connectivity index is 1.80. The summed E-state index contributed by atoms with van der Waals surface area (Å²) in [5, 5.41) is 2.71. The third-order valence-electron chi connectivity index (χ3n) is 5.07. The minimum absolute atomic E-state index is 0.0630. The minimum Gasteiger partial charge on any atom is -0.351 e. The Hall–Kier alpha value is -3.16. The second-order valence-corrected chi connectivity index (χ2v) is 7.52. The third-order valence-corrected chi connectivity index (χ3v) is 5.07. The molecule has 1 atom stereocenters. The Morgan fingerprint density at radius 3 is 2.72 bits per heavy atom. The average molecular weight is 397 g/mol. The Kier molecular flexibility index (Phi) is 6.31. The Morgan fingerprint density at radius 1 is 1.24 bits per heavy atom. The molecule has 1 saturated heterocycles. The summed E-state index contributed by atoms with van der Waals surface area (Å²) in [5.74, 6) is -0.309. The van der Waals surface area contributed by atoms with Crippen LogP contribution in [0.3, 0.4) is 0 Å². The molecule has 0 unspecified atom stereocenters. The van der Waals surface area contributed by atoms with Crippen molar-refractivity contribution in [2.24, 2.45) is 5.92 Å². The summed E-state index contributed by atoms with van der Waals surface area (Å²) >= 11 is 0. The van der Waals surface area contributed by atoms with Crippen LogP contribution in [-0.4, -0.2) is 64.3 Å². The fraction of sp³-hybridized carbons (Fsp3) is 0.429. The number of aromatic nitrogens is 2. The van der Waals surface area contributed by atoms with Gasteiger partial charge in [-0.1, -0.05) is 12.1 Å². The quantitative estimate of drug-likeness (QED) is 0.827. The van der Waals surface area contributed by atoms with Crippen LogP contribution in [0.1, 0.15) is 35.8 Å². The van der Waals surface area contributed by atoms with Crippen LogP contribution in [0.5, 0.6) is 0 Å². The summed E-state index contributed by atoms with van der Waals surface area (Å²) in [6, 6.07) is 7.36. The van der Waals surface area contributed by atoms with E-state index in [1.807, 2.05) is 18.2 Å². The van der Waals surface area contributed by atoms with E-state index < -0.39 is 0 Å². The highest BCUT2D eigenvalue weighted by Gasteiger charge is 2.30. The van der Waals surface area contributed by atoms with Gasteiger partial charge in [0.15, 0.2) is 0 Å². The first-order valence-electron chi connectivity index (χ1n) is 9.74. The van der Waals surface area contributed by atoms with Crippen molar-refractivity contribution >= 4 is 17.7 Å². The summed E-state index contributed by atoms with van der Waals surface area (Å²) in [7, 11) is 3.49. The van der Waals surface area contributed by atoms with E-state index in [1.54, 1.807) is 47.1 Å². The maximum absolute atomic E-state index is 13.3. The molecule has 8 heteroatoms. The monoisotopic (exact) mass is 397 g/mol. The zero-order valence-electron chi connectivity index (χ0n) is 17.1. The Morgan fingerprint density at radius 2 is 2.00 bits per heavy atom. The van der Waals surface area contributed by atoms with Gasteiger partial charge in [0, 0.05) is 40.3 Å². The van der Waals surface area contributed by atoms with Crippen molar-refractivity contribution in [1.29, 1.82) is 0 Å². The first-order valence-corrected chi connectivity index (χ1v) is 9.74. The lowest BCUT2D eigenvalue weighted by atomic mass is 9.96. The van der Waals surface area contributed by atoms with Crippen LogP contribution < -0.4 is 5.32 Å². The van der Waals surface area contributed by atoms with E-state index in [9.17, 15) is 14.4 Å². The van der Waals surface area contributed by atoms with Crippen LogP contribution in [0.15, 0.2) is 36.8 Å². The molecule has 1 aliphatic heterocycles. The van der Waals surface area contributed by atoms with Crippen LogP contribution in [0.25, 0.3) is 5.69 Å². The lowest BCUT2D eigenvalue weighted by Crippen LogP contribution is -2.45. The number of imidazole rings is 1. The van der Waals surface area contributed by atoms with Crippen LogP contribution in [-0.2, 0) is 16.1 Å². The molecule has 1 aromatic heterocycles. The number of rotatable bonds is 5. The SMILES string of the molecule is CC(=O)NCc1cn(-c2ccccc2C(=O)N2CCC[C@@H](C(=O)N(C)C)C2)cn1.